The number of phenolic OH excluding ortho intramolecular Hbond substituents is 1. The number of benzene rings is 3. The molecule has 5 N–H and O–H groups in total. The maximum absolute atomic E-state index is 11.4. The van der Waals surface area contributed by atoms with E-state index in [9.17, 15) is 23.4 Å². The van der Waals surface area contributed by atoms with Crippen LogP contribution in [0.5, 0.6) is 11.5 Å². The molecule has 0 bridgehead atoms. The van der Waals surface area contributed by atoms with Gasteiger partial charge in [-0.2, -0.15) is 0 Å². The molecule has 0 aliphatic carbocycles. The number of aliphatic hydroxyl groups is 1. The molecule has 0 aliphatic heterocycles. The third-order valence-corrected chi connectivity index (χ3v) is 5.86. The summed E-state index contributed by atoms with van der Waals surface area (Å²) in [6.07, 6.45) is 0.0289. The van der Waals surface area contributed by atoms with Crippen molar-refractivity contribution >= 4 is 33.3 Å². The predicted octanol–water partition coefficient (Wildman–Crippen LogP) is 3.48. The van der Waals surface area contributed by atoms with Gasteiger partial charge in [0, 0.05) is 13.1 Å². The van der Waals surface area contributed by atoms with Gasteiger partial charge in [-0.25, -0.2) is 13.2 Å². The van der Waals surface area contributed by atoms with Crippen LogP contribution in [0.3, 0.4) is 0 Å². The first-order chi connectivity index (χ1) is 16.5. The highest BCUT2D eigenvalue weighted by Crippen LogP contribution is 2.31. The number of carboxylic acid groups (broad SMARTS) is 1. The summed E-state index contributed by atoms with van der Waals surface area (Å²) in [7, 11) is -3.58. The van der Waals surface area contributed by atoms with Crippen molar-refractivity contribution in [2.24, 2.45) is 0 Å². The number of aromatic hydroxyl groups is 1. The van der Waals surface area contributed by atoms with Gasteiger partial charge in [-0.05, 0) is 53.1 Å². The molecule has 0 fully saturated rings. The van der Waals surface area contributed by atoms with Gasteiger partial charge in [0.05, 0.1) is 28.6 Å². The van der Waals surface area contributed by atoms with Crippen LogP contribution in [0.25, 0.3) is 11.1 Å². The van der Waals surface area contributed by atoms with Crippen LogP contribution in [0.1, 0.15) is 22.0 Å². The number of hydrogen-bond donors (Lipinski definition) is 5. The topological polar surface area (TPSA) is 145 Å². The maximum atomic E-state index is 11.4. The van der Waals surface area contributed by atoms with Crippen LogP contribution in [-0.2, 0) is 10.0 Å². The van der Waals surface area contributed by atoms with Gasteiger partial charge in [-0.3, -0.25) is 4.72 Å². The highest BCUT2D eigenvalue weighted by molar-refractivity contribution is 7.92. The second kappa shape index (κ2) is 11.4. The Morgan fingerprint density at radius 2 is 1.74 bits per heavy atom. The Bertz CT molecular complexity index is 1300. The normalized spacial score (nSPS) is 12.2. The van der Waals surface area contributed by atoms with E-state index in [-0.39, 0.29) is 30.2 Å². The van der Waals surface area contributed by atoms with Gasteiger partial charge >= 0.3 is 5.97 Å². The third kappa shape index (κ3) is 7.59. The molecule has 0 radical (unpaired) electrons. The van der Waals surface area contributed by atoms with E-state index in [2.05, 4.69) is 10.0 Å². The smallest absolute Gasteiger partial charge is 0.335 e. The molecule has 9 nitrogen and oxygen atoms in total. The molecule has 3 aromatic carbocycles. The van der Waals surface area contributed by atoms with Gasteiger partial charge in [0.1, 0.15) is 18.1 Å². The number of halogens is 1. The highest BCUT2D eigenvalue weighted by Gasteiger charge is 2.13. The van der Waals surface area contributed by atoms with E-state index >= 15 is 0 Å². The maximum Gasteiger partial charge on any atom is 0.335 e. The van der Waals surface area contributed by atoms with Crippen LogP contribution >= 0.6 is 11.6 Å². The Labute approximate surface area is 208 Å². The van der Waals surface area contributed by atoms with E-state index in [4.69, 9.17) is 21.4 Å². The Morgan fingerprint density at radius 1 is 1.06 bits per heavy atom. The Hall–Kier alpha value is -3.31. The molecule has 0 saturated heterocycles. The Kier molecular flexibility index (Phi) is 8.57. The van der Waals surface area contributed by atoms with Crippen molar-refractivity contribution < 1.29 is 33.3 Å². The first-order valence-electron chi connectivity index (χ1n) is 10.5. The molecule has 0 heterocycles. The lowest BCUT2D eigenvalue weighted by atomic mass is 10.0. The minimum atomic E-state index is -3.58. The molecule has 0 unspecified atom stereocenters. The van der Waals surface area contributed by atoms with Gasteiger partial charge in [0.25, 0.3) is 0 Å². The van der Waals surface area contributed by atoms with Crippen molar-refractivity contribution in [3.63, 3.8) is 0 Å². The van der Waals surface area contributed by atoms with Crippen molar-refractivity contribution in [2.45, 2.75) is 6.10 Å². The SMILES string of the molecule is CS(=O)(=O)Nc1cc([C@@H](O)CNCCOc2ccc(-c3ccc(C(=O)O)cc3)cc2Cl)ccc1O. The number of carboxylic acids is 1. The molecule has 0 aromatic heterocycles. The fourth-order valence-corrected chi connectivity index (χ4v) is 4.03. The fourth-order valence-electron chi connectivity index (χ4n) is 3.23. The number of sulfonamides is 1. The average Bonchev–Trinajstić information content (AvgIpc) is 2.80. The van der Waals surface area contributed by atoms with Crippen molar-refractivity contribution in [3.8, 4) is 22.6 Å². The first kappa shape index (κ1) is 26.3. The molecule has 1 atom stereocenters. The minimum absolute atomic E-state index is 0.0108. The van der Waals surface area contributed by atoms with Gasteiger partial charge < -0.3 is 25.4 Å². The molecule has 0 saturated carbocycles. The van der Waals surface area contributed by atoms with Gasteiger partial charge in [-0.1, -0.05) is 35.9 Å². The number of carbonyl (C=O) groups is 1. The van der Waals surface area contributed by atoms with Crippen LogP contribution in [0.2, 0.25) is 5.02 Å². The largest absolute Gasteiger partial charge is 0.506 e. The van der Waals surface area contributed by atoms with Crippen molar-refractivity contribution in [2.75, 3.05) is 30.7 Å². The molecule has 3 aromatic rings. The van der Waals surface area contributed by atoms with E-state index in [1.54, 1.807) is 24.3 Å². The summed E-state index contributed by atoms with van der Waals surface area (Å²) >= 11 is 6.33. The average molecular weight is 521 g/mol. The first-order valence-corrected chi connectivity index (χ1v) is 12.8. The Balaban J connectivity index is 1.49. The summed E-state index contributed by atoms with van der Waals surface area (Å²) in [6.45, 7) is 0.847. The second-order valence-electron chi connectivity index (χ2n) is 7.75. The van der Waals surface area contributed by atoms with Crippen LogP contribution in [0.15, 0.2) is 60.7 Å². The summed E-state index contributed by atoms with van der Waals surface area (Å²) in [5.74, 6) is -0.751. The number of hydrogen-bond acceptors (Lipinski definition) is 7. The van der Waals surface area contributed by atoms with E-state index < -0.39 is 22.1 Å². The van der Waals surface area contributed by atoms with Crippen molar-refractivity contribution in [1.82, 2.24) is 5.32 Å². The van der Waals surface area contributed by atoms with E-state index in [0.29, 0.717) is 22.9 Å². The summed E-state index contributed by atoms with van der Waals surface area (Å²) < 4.78 is 30.7. The quantitative estimate of drug-likeness (QED) is 0.191. The van der Waals surface area contributed by atoms with Crippen LogP contribution < -0.4 is 14.8 Å². The summed E-state index contributed by atoms with van der Waals surface area (Å²) in [6, 6.07) is 15.9. The molecule has 0 aliphatic rings. The monoisotopic (exact) mass is 520 g/mol. The molecule has 35 heavy (non-hydrogen) atoms. The molecular weight excluding hydrogens is 496 g/mol. The lowest BCUT2D eigenvalue weighted by Crippen LogP contribution is -2.26. The predicted molar refractivity (Wildman–Crippen MR) is 134 cm³/mol. The number of nitrogens with one attached hydrogen (secondary N) is 2. The zero-order valence-electron chi connectivity index (χ0n) is 18.7. The van der Waals surface area contributed by atoms with E-state index in [1.807, 2.05) is 6.07 Å². The molecule has 186 valence electrons. The number of ether oxygens (including phenoxy) is 1. The summed E-state index contributed by atoms with van der Waals surface area (Å²) in [5.41, 5.74) is 2.26. The number of phenols is 1. The van der Waals surface area contributed by atoms with Crippen LogP contribution in [-0.4, -0.2) is 55.7 Å². The molecule has 3 rings (SSSR count). The fraction of sp³-hybridized carbons (Fsp3) is 0.208. The van der Waals surface area contributed by atoms with Crippen molar-refractivity contribution in [3.05, 3.63) is 76.8 Å². The summed E-state index contributed by atoms with van der Waals surface area (Å²) in [5, 5.41) is 32.6. The van der Waals surface area contributed by atoms with Gasteiger partial charge in [0.15, 0.2) is 0 Å². The number of aliphatic hydroxyl groups excluding tert-OH is 1. The number of anilines is 1. The molecule has 0 amide bonds. The van der Waals surface area contributed by atoms with Crippen molar-refractivity contribution in [1.29, 1.82) is 0 Å². The minimum Gasteiger partial charge on any atom is -0.506 e. The van der Waals surface area contributed by atoms with Gasteiger partial charge in [-0.15, -0.1) is 0 Å². The standard InChI is InChI=1S/C24H25ClN2O7S/c1-35(32,33)27-20-13-18(6-8-21(20)28)22(29)14-26-10-11-34-23-9-7-17(12-19(23)25)15-2-4-16(5-3-15)24(30)31/h2-9,12-13,22,26-29H,10-11,14H2,1H3,(H,30,31)/t22-/m0/s1. The zero-order valence-corrected chi connectivity index (χ0v) is 20.3. The van der Waals surface area contributed by atoms with E-state index in [1.165, 1.54) is 30.3 Å². The van der Waals surface area contributed by atoms with Crippen LogP contribution in [0, 0.1) is 0 Å². The van der Waals surface area contributed by atoms with Crippen LogP contribution in [0.4, 0.5) is 5.69 Å². The number of rotatable bonds is 11. The second-order valence-corrected chi connectivity index (χ2v) is 9.90. The molecule has 0 spiro atoms. The molecule has 11 heteroatoms. The summed E-state index contributed by atoms with van der Waals surface area (Å²) in [4.78, 5) is 11.0. The third-order valence-electron chi connectivity index (χ3n) is 4.97. The van der Waals surface area contributed by atoms with Gasteiger partial charge in [0.2, 0.25) is 10.0 Å². The highest BCUT2D eigenvalue weighted by atomic mass is 35.5. The molecular formula is C24H25ClN2O7S. The van der Waals surface area contributed by atoms with E-state index in [0.717, 1.165) is 17.4 Å². The zero-order chi connectivity index (χ0) is 25.6. The Morgan fingerprint density at radius 3 is 2.37 bits per heavy atom. The number of aromatic carboxylic acids is 1. The lowest BCUT2D eigenvalue weighted by Gasteiger charge is -2.15. The lowest BCUT2D eigenvalue weighted by molar-refractivity contribution is 0.0697.